The Kier molecular flexibility index (Phi) is 5.59. The fourth-order valence-corrected chi connectivity index (χ4v) is 3.70. The lowest BCUT2D eigenvalue weighted by Gasteiger charge is -2.19. The highest BCUT2D eigenvalue weighted by Gasteiger charge is 2.15. The first-order valence-electron chi connectivity index (χ1n) is 5.76. The fourth-order valence-electron chi connectivity index (χ4n) is 1.93. The molecule has 100 valence electrons. The Balaban J connectivity index is 2.28. The van der Waals surface area contributed by atoms with Gasteiger partial charge < -0.3 is 0 Å². The van der Waals surface area contributed by atoms with E-state index in [-0.39, 0.29) is 6.04 Å². The maximum absolute atomic E-state index is 5.71. The van der Waals surface area contributed by atoms with Crippen LogP contribution >= 0.6 is 47.8 Å². The lowest BCUT2D eigenvalue weighted by molar-refractivity contribution is 0.549. The van der Waals surface area contributed by atoms with Gasteiger partial charge in [0.1, 0.15) is 0 Å². The van der Waals surface area contributed by atoms with Gasteiger partial charge in [-0.05, 0) is 35.7 Å². The summed E-state index contributed by atoms with van der Waals surface area (Å²) in [6.45, 7) is 0. The van der Waals surface area contributed by atoms with E-state index < -0.39 is 0 Å². The van der Waals surface area contributed by atoms with Gasteiger partial charge >= 0.3 is 0 Å². The van der Waals surface area contributed by atoms with Crippen molar-refractivity contribution in [2.45, 2.75) is 12.5 Å². The summed E-state index contributed by atoms with van der Waals surface area (Å²) in [4.78, 5) is 0. The summed E-state index contributed by atoms with van der Waals surface area (Å²) in [5.41, 5.74) is 5.25. The Hall–Kier alpha value is -0.200. The summed E-state index contributed by atoms with van der Waals surface area (Å²) in [5.74, 6) is 5.71. The van der Waals surface area contributed by atoms with E-state index in [4.69, 9.17) is 5.84 Å². The van der Waals surface area contributed by atoms with E-state index in [0.717, 1.165) is 25.4 Å². The zero-order valence-corrected chi connectivity index (χ0v) is 14.8. The number of nitrogens with two attached hydrogens (primary N) is 1. The molecule has 0 amide bonds. The molecule has 0 spiro atoms. The van der Waals surface area contributed by atoms with E-state index in [2.05, 4.69) is 65.3 Å². The Labute approximate surface area is 138 Å². The van der Waals surface area contributed by atoms with Crippen LogP contribution in [0, 0.1) is 0 Å². The minimum Gasteiger partial charge on any atom is -0.271 e. The third-order valence-electron chi connectivity index (χ3n) is 2.92. The van der Waals surface area contributed by atoms with Crippen molar-refractivity contribution in [3.8, 4) is 0 Å². The lowest BCUT2D eigenvalue weighted by Crippen LogP contribution is -2.30. The molecule has 0 saturated heterocycles. The Bertz CT molecular complexity index is 572. The second-order valence-electron chi connectivity index (χ2n) is 4.18. The highest BCUT2D eigenvalue weighted by molar-refractivity contribution is 9.11. The second-order valence-corrected chi connectivity index (χ2v) is 6.80. The van der Waals surface area contributed by atoms with Gasteiger partial charge in [-0.25, -0.2) is 0 Å². The van der Waals surface area contributed by atoms with Crippen LogP contribution in [-0.2, 0) is 6.42 Å². The predicted molar refractivity (Wildman–Crippen MR) is 89.8 cm³/mol. The van der Waals surface area contributed by atoms with Gasteiger partial charge in [-0.15, -0.1) is 0 Å². The third kappa shape index (κ3) is 3.89. The van der Waals surface area contributed by atoms with Crippen LogP contribution in [0.15, 0.2) is 55.9 Å². The summed E-state index contributed by atoms with van der Waals surface area (Å²) in [6.07, 6.45) is 0.818. The molecule has 3 N–H and O–H groups in total. The highest BCUT2D eigenvalue weighted by Crippen LogP contribution is 2.30. The molecule has 0 radical (unpaired) electrons. The molecular formula is C14H13Br3N2. The molecule has 0 fully saturated rings. The molecule has 19 heavy (non-hydrogen) atoms. The average Bonchev–Trinajstić information content (AvgIpc) is 2.39. The lowest BCUT2D eigenvalue weighted by atomic mass is 9.99. The minimum absolute atomic E-state index is 0.0566. The van der Waals surface area contributed by atoms with Crippen LogP contribution in [0.2, 0.25) is 0 Å². The number of hydrogen-bond donors (Lipinski definition) is 2. The molecule has 1 unspecified atom stereocenters. The van der Waals surface area contributed by atoms with Gasteiger partial charge in [0.25, 0.3) is 0 Å². The first-order chi connectivity index (χ1) is 9.11. The van der Waals surface area contributed by atoms with Crippen molar-refractivity contribution < 1.29 is 0 Å². The average molecular weight is 449 g/mol. The smallest absolute Gasteiger partial charge is 0.0511 e. The van der Waals surface area contributed by atoms with Crippen molar-refractivity contribution in [2.24, 2.45) is 5.84 Å². The number of hydrazine groups is 1. The molecule has 0 saturated carbocycles. The monoisotopic (exact) mass is 446 g/mol. The van der Waals surface area contributed by atoms with Gasteiger partial charge in [0.05, 0.1) is 6.04 Å². The zero-order valence-electron chi connectivity index (χ0n) is 10.0. The van der Waals surface area contributed by atoms with Gasteiger partial charge in [0, 0.05) is 13.4 Å². The van der Waals surface area contributed by atoms with Crippen LogP contribution in [0.1, 0.15) is 17.2 Å². The SMILES string of the molecule is NNC(Cc1ccccc1Br)c1ccc(Br)cc1Br. The number of hydrogen-bond acceptors (Lipinski definition) is 2. The van der Waals surface area contributed by atoms with Gasteiger partial charge in [0.15, 0.2) is 0 Å². The van der Waals surface area contributed by atoms with Crippen LogP contribution in [0.4, 0.5) is 0 Å². The Morgan fingerprint density at radius 1 is 1.00 bits per heavy atom. The van der Waals surface area contributed by atoms with E-state index in [1.54, 1.807) is 0 Å². The van der Waals surface area contributed by atoms with E-state index in [9.17, 15) is 0 Å². The quantitative estimate of drug-likeness (QED) is 0.524. The zero-order chi connectivity index (χ0) is 13.8. The van der Waals surface area contributed by atoms with Crippen molar-refractivity contribution in [3.63, 3.8) is 0 Å². The first-order valence-corrected chi connectivity index (χ1v) is 8.14. The molecule has 0 bridgehead atoms. The van der Waals surface area contributed by atoms with E-state index in [0.29, 0.717) is 0 Å². The normalized spacial score (nSPS) is 12.4. The molecule has 0 aliphatic carbocycles. The van der Waals surface area contributed by atoms with Crippen molar-refractivity contribution in [2.75, 3.05) is 0 Å². The highest BCUT2D eigenvalue weighted by atomic mass is 79.9. The standard InChI is InChI=1S/C14H13Br3N2/c15-10-5-6-11(13(17)8-10)14(19-18)7-9-3-1-2-4-12(9)16/h1-6,8,14,19H,7,18H2. The van der Waals surface area contributed by atoms with Gasteiger partial charge in [0.2, 0.25) is 0 Å². The van der Waals surface area contributed by atoms with E-state index in [1.165, 1.54) is 5.56 Å². The van der Waals surface area contributed by atoms with Crippen molar-refractivity contribution in [3.05, 3.63) is 67.0 Å². The molecule has 2 aromatic carbocycles. The summed E-state index contributed by atoms with van der Waals surface area (Å²) in [5, 5.41) is 0. The summed E-state index contributed by atoms with van der Waals surface area (Å²) >= 11 is 10.6. The molecule has 0 aliphatic rings. The molecule has 0 heterocycles. The molecule has 0 aliphatic heterocycles. The third-order valence-corrected chi connectivity index (χ3v) is 4.87. The number of nitrogens with one attached hydrogen (secondary N) is 1. The van der Waals surface area contributed by atoms with Crippen molar-refractivity contribution in [1.82, 2.24) is 5.43 Å². The predicted octanol–water partition coefficient (Wildman–Crippen LogP) is 4.72. The fraction of sp³-hybridized carbons (Fsp3) is 0.143. The van der Waals surface area contributed by atoms with Crippen molar-refractivity contribution in [1.29, 1.82) is 0 Å². The van der Waals surface area contributed by atoms with Gasteiger partial charge in [-0.3, -0.25) is 11.3 Å². The van der Waals surface area contributed by atoms with Crippen LogP contribution in [0.3, 0.4) is 0 Å². The number of rotatable bonds is 4. The van der Waals surface area contributed by atoms with E-state index in [1.807, 2.05) is 30.3 Å². The molecule has 1 atom stereocenters. The summed E-state index contributed by atoms with van der Waals surface area (Å²) in [6, 6.07) is 14.3. The Morgan fingerprint density at radius 2 is 1.74 bits per heavy atom. The van der Waals surface area contributed by atoms with E-state index >= 15 is 0 Å². The van der Waals surface area contributed by atoms with Crippen LogP contribution < -0.4 is 11.3 Å². The van der Waals surface area contributed by atoms with Gasteiger partial charge in [-0.2, -0.15) is 0 Å². The number of halogens is 3. The molecule has 2 nitrogen and oxygen atoms in total. The molecule has 5 heteroatoms. The first kappa shape index (κ1) is 15.2. The van der Waals surface area contributed by atoms with Crippen LogP contribution in [-0.4, -0.2) is 0 Å². The van der Waals surface area contributed by atoms with Gasteiger partial charge in [-0.1, -0.05) is 72.1 Å². The van der Waals surface area contributed by atoms with Crippen molar-refractivity contribution >= 4 is 47.8 Å². The van der Waals surface area contributed by atoms with Crippen LogP contribution in [0.25, 0.3) is 0 Å². The number of benzene rings is 2. The minimum atomic E-state index is 0.0566. The summed E-state index contributed by atoms with van der Waals surface area (Å²) in [7, 11) is 0. The van der Waals surface area contributed by atoms with Crippen LogP contribution in [0.5, 0.6) is 0 Å². The molecular weight excluding hydrogens is 436 g/mol. The molecule has 2 rings (SSSR count). The largest absolute Gasteiger partial charge is 0.271 e. The Morgan fingerprint density at radius 3 is 2.37 bits per heavy atom. The molecule has 2 aromatic rings. The molecule has 0 aromatic heterocycles. The second kappa shape index (κ2) is 6.99. The maximum atomic E-state index is 5.71. The summed E-state index contributed by atoms with van der Waals surface area (Å²) < 4.78 is 3.18. The topological polar surface area (TPSA) is 38.0 Å². The maximum Gasteiger partial charge on any atom is 0.0511 e.